The summed E-state index contributed by atoms with van der Waals surface area (Å²) in [6.07, 6.45) is 2.66. The molecule has 1 nitrogen and oxygen atoms in total. The molecule has 0 aliphatic heterocycles. The van der Waals surface area contributed by atoms with Gasteiger partial charge in [0.2, 0.25) is 0 Å². The fourth-order valence-electron chi connectivity index (χ4n) is 1.23. The largest absolute Gasteiger partial charge is 0.396 e. The standard InChI is InChI=1S/C10H12F2OS/c1-14-10-8(11)5-7(3-2-4-13)6-9(10)12/h5-6,13H,2-4H2,1H3. The lowest BCUT2D eigenvalue weighted by Crippen LogP contribution is -1.94. The Hall–Kier alpha value is -0.610. The highest BCUT2D eigenvalue weighted by molar-refractivity contribution is 7.98. The van der Waals surface area contributed by atoms with E-state index in [2.05, 4.69) is 0 Å². The molecule has 0 saturated heterocycles. The van der Waals surface area contributed by atoms with E-state index in [9.17, 15) is 8.78 Å². The quantitative estimate of drug-likeness (QED) is 0.784. The van der Waals surface area contributed by atoms with Gasteiger partial charge in [0.25, 0.3) is 0 Å². The number of hydrogen-bond acceptors (Lipinski definition) is 2. The summed E-state index contributed by atoms with van der Waals surface area (Å²) in [5, 5.41) is 8.58. The highest BCUT2D eigenvalue weighted by atomic mass is 32.2. The van der Waals surface area contributed by atoms with E-state index in [0.717, 1.165) is 11.8 Å². The molecule has 4 heteroatoms. The summed E-state index contributed by atoms with van der Waals surface area (Å²) >= 11 is 1.06. The lowest BCUT2D eigenvalue weighted by atomic mass is 10.1. The van der Waals surface area contributed by atoms with Crippen LogP contribution in [0.25, 0.3) is 0 Å². The number of aryl methyl sites for hydroxylation is 1. The van der Waals surface area contributed by atoms with Crippen molar-refractivity contribution >= 4 is 11.8 Å². The summed E-state index contributed by atoms with van der Waals surface area (Å²) in [7, 11) is 0. The summed E-state index contributed by atoms with van der Waals surface area (Å²) in [4.78, 5) is 0.0535. The SMILES string of the molecule is CSc1c(F)cc(CCCO)cc1F. The summed E-state index contributed by atoms with van der Waals surface area (Å²) in [5.41, 5.74) is 0.590. The number of benzene rings is 1. The minimum Gasteiger partial charge on any atom is -0.396 e. The van der Waals surface area contributed by atoms with Crippen LogP contribution < -0.4 is 0 Å². The number of aliphatic hydroxyl groups excluding tert-OH is 1. The van der Waals surface area contributed by atoms with E-state index in [1.165, 1.54) is 12.1 Å². The molecule has 1 aromatic carbocycles. The van der Waals surface area contributed by atoms with E-state index in [-0.39, 0.29) is 11.5 Å². The van der Waals surface area contributed by atoms with Crippen molar-refractivity contribution in [2.45, 2.75) is 17.7 Å². The van der Waals surface area contributed by atoms with Crippen molar-refractivity contribution < 1.29 is 13.9 Å². The Balaban J connectivity index is 2.90. The average molecular weight is 218 g/mol. The Morgan fingerprint density at radius 2 is 1.86 bits per heavy atom. The van der Waals surface area contributed by atoms with Crippen LogP contribution in [-0.2, 0) is 6.42 Å². The van der Waals surface area contributed by atoms with Gasteiger partial charge in [-0.1, -0.05) is 0 Å². The average Bonchev–Trinajstić information content (AvgIpc) is 2.14. The van der Waals surface area contributed by atoms with Crippen LogP contribution in [0.15, 0.2) is 17.0 Å². The fourth-order valence-corrected chi connectivity index (χ4v) is 1.74. The second-order valence-corrected chi connectivity index (χ2v) is 3.74. The van der Waals surface area contributed by atoms with E-state index in [1.54, 1.807) is 6.26 Å². The molecule has 0 unspecified atom stereocenters. The molecular weight excluding hydrogens is 206 g/mol. The summed E-state index contributed by atoms with van der Waals surface area (Å²) in [6, 6.07) is 2.65. The second-order valence-electron chi connectivity index (χ2n) is 2.92. The highest BCUT2D eigenvalue weighted by Crippen LogP contribution is 2.24. The van der Waals surface area contributed by atoms with Gasteiger partial charge in [0, 0.05) is 6.61 Å². The van der Waals surface area contributed by atoms with Crippen molar-refractivity contribution in [2.75, 3.05) is 12.9 Å². The molecule has 1 rings (SSSR count). The Bertz CT molecular complexity index is 292. The Kier molecular flexibility index (Phi) is 4.35. The van der Waals surface area contributed by atoms with Gasteiger partial charge in [-0.3, -0.25) is 0 Å². The zero-order valence-electron chi connectivity index (χ0n) is 7.89. The van der Waals surface area contributed by atoms with Crippen molar-refractivity contribution in [1.82, 2.24) is 0 Å². The van der Waals surface area contributed by atoms with Gasteiger partial charge < -0.3 is 5.11 Å². The van der Waals surface area contributed by atoms with Crippen molar-refractivity contribution in [3.63, 3.8) is 0 Å². The predicted molar refractivity (Wildman–Crippen MR) is 53.5 cm³/mol. The van der Waals surface area contributed by atoms with Crippen LogP contribution in [0.4, 0.5) is 8.78 Å². The third-order valence-electron chi connectivity index (χ3n) is 1.89. The molecule has 0 amide bonds. The highest BCUT2D eigenvalue weighted by Gasteiger charge is 2.09. The lowest BCUT2D eigenvalue weighted by molar-refractivity contribution is 0.288. The summed E-state index contributed by atoms with van der Waals surface area (Å²) < 4.78 is 26.4. The van der Waals surface area contributed by atoms with Gasteiger partial charge >= 0.3 is 0 Å². The first kappa shape index (κ1) is 11.5. The molecule has 0 aromatic heterocycles. The van der Waals surface area contributed by atoms with Crippen LogP contribution >= 0.6 is 11.8 Å². The van der Waals surface area contributed by atoms with Gasteiger partial charge in [-0.15, -0.1) is 11.8 Å². The number of hydrogen-bond donors (Lipinski definition) is 1. The molecule has 14 heavy (non-hydrogen) atoms. The molecule has 0 heterocycles. The van der Waals surface area contributed by atoms with Crippen LogP contribution in [0.1, 0.15) is 12.0 Å². The van der Waals surface area contributed by atoms with Gasteiger partial charge in [-0.2, -0.15) is 0 Å². The maximum Gasteiger partial charge on any atom is 0.139 e. The van der Waals surface area contributed by atoms with Crippen LogP contribution in [0.5, 0.6) is 0 Å². The van der Waals surface area contributed by atoms with Gasteiger partial charge in [0.1, 0.15) is 11.6 Å². The number of rotatable bonds is 4. The van der Waals surface area contributed by atoms with Crippen molar-refractivity contribution in [1.29, 1.82) is 0 Å². The van der Waals surface area contributed by atoms with Crippen molar-refractivity contribution in [3.05, 3.63) is 29.3 Å². The fraction of sp³-hybridized carbons (Fsp3) is 0.400. The third kappa shape index (κ3) is 2.69. The Morgan fingerprint density at radius 1 is 1.29 bits per heavy atom. The van der Waals surface area contributed by atoms with E-state index >= 15 is 0 Å². The summed E-state index contributed by atoms with van der Waals surface area (Å²) in [5.74, 6) is -1.05. The van der Waals surface area contributed by atoms with E-state index < -0.39 is 11.6 Å². The first-order valence-corrected chi connectivity index (χ1v) is 5.54. The molecule has 1 aromatic rings. The number of thioether (sulfide) groups is 1. The van der Waals surface area contributed by atoms with Gasteiger partial charge in [-0.05, 0) is 36.8 Å². The zero-order chi connectivity index (χ0) is 10.6. The van der Waals surface area contributed by atoms with Gasteiger partial charge in [0.05, 0.1) is 4.90 Å². The molecule has 0 spiro atoms. The lowest BCUT2D eigenvalue weighted by Gasteiger charge is -2.05. The Morgan fingerprint density at radius 3 is 2.29 bits per heavy atom. The number of aliphatic hydroxyl groups is 1. The van der Waals surface area contributed by atoms with E-state index in [0.29, 0.717) is 18.4 Å². The van der Waals surface area contributed by atoms with Crippen molar-refractivity contribution in [2.24, 2.45) is 0 Å². The van der Waals surface area contributed by atoms with Crippen LogP contribution in [0.3, 0.4) is 0 Å². The van der Waals surface area contributed by atoms with E-state index in [4.69, 9.17) is 5.11 Å². The molecule has 0 atom stereocenters. The third-order valence-corrected chi connectivity index (χ3v) is 2.68. The molecule has 0 bridgehead atoms. The predicted octanol–water partition coefficient (Wildman–Crippen LogP) is 2.61. The first-order chi connectivity index (χ1) is 6.69. The molecule has 0 fully saturated rings. The molecule has 0 saturated carbocycles. The number of halogens is 2. The molecule has 78 valence electrons. The minimum atomic E-state index is -0.523. The zero-order valence-corrected chi connectivity index (χ0v) is 8.70. The smallest absolute Gasteiger partial charge is 0.139 e. The molecular formula is C10H12F2OS. The second kappa shape index (κ2) is 5.32. The Labute approximate surface area is 86.1 Å². The molecule has 1 N–H and O–H groups in total. The van der Waals surface area contributed by atoms with Crippen LogP contribution in [0.2, 0.25) is 0 Å². The van der Waals surface area contributed by atoms with Crippen LogP contribution in [-0.4, -0.2) is 18.0 Å². The topological polar surface area (TPSA) is 20.2 Å². The van der Waals surface area contributed by atoms with Crippen molar-refractivity contribution in [3.8, 4) is 0 Å². The monoisotopic (exact) mass is 218 g/mol. The van der Waals surface area contributed by atoms with Crippen LogP contribution in [0, 0.1) is 11.6 Å². The molecule has 0 aliphatic rings. The normalized spacial score (nSPS) is 10.6. The maximum atomic E-state index is 13.2. The summed E-state index contributed by atoms with van der Waals surface area (Å²) in [6.45, 7) is 0.0352. The van der Waals surface area contributed by atoms with Gasteiger partial charge in [0.15, 0.2) is 0 Å². The minimum absolute atomic E-state index is 0.0352. The maximum absolute atomic E-state index is 13.2. The molecule has 0 aliphatic carbocycles. The van der Waals surface area contributed by atoms with Gasteiger partial charge in [-0.25, -0.2) is 8.78 Å². The first-order valence-electron chi connectivity index (χ1n) is 4.31. The van der Waals surface area contributed by atoms with E-state index in [1.807, 2.05) is 0 Å². The molecule has 0 radical (unpaired) electrons.